The summed E-state index contributed by atoms with van der Waals surface area (Å²) >= 11 is 6.04. The van der Waals surface area contributed by atoms with Gasteiger partial charge in [-0.05, 0) is 44.5 Å². The number of likely N-dealkylation sites (N-methyl/N-ethyl adjacent to an activating group) is 1. The van der Waals surface area contributed by atoms with Gasteiger partial charge in [0.25, 0.3) is 11.6 Å². The largest absolute Gasteiger partial charge is 0.316 e. The molecule has 1 heterocycles. The number of hydrogen-bond donors (Lipinski definition) is 1. The van der Waals surface area contributed by atoms with Crippen LogP contribution in [-0.4, -0.2) is 23.3 Å². The highest BCUT2D eigenvalue weighted by molar-refractivity contribution is 6.34. The highest BCUT2D eigenvalue weighted by Gasteiger charge is 2.44. The summed E-state index contributed by atoms with van der Waals surface area (Å²) in [6, 6.07) is 9.28. The lowest BCUT2D eigenvalue weighted by Gasteiger charge is -2.18. The quantitative estimate of drug-likeness (QED) is 0.630. The Hall–Kier alpha value is -2.93. The number of hydrogen-bond acceptors (Lipinski definition) is 4. The summed E-state index contributed by atoms with van der Waals surface area (Å²) in [5, 5.41) is 14.4. The van der Waals surface area contributed by atoms with Gasteiger partial charge >= 0.3 is 0 Å². The Kier molecular flexibility index (Phi) is 4.65. The normalized spacial score (nSPS) is 14.8. The van der Waals surface area contributed by atoms with E-state index >= 15 is 0 Å². The summed E-state index contributed by atoms with van der Waals surface area (Å²) in [7, 11) is 0. The molecule has 2 aromatic carbocycles. The average molecular weight is 388 g/mol. The van der Waals surface area contributed by atoms with Crippen LogP contribution < -0.4 is 10.2 Å². The van der Waals surface area contributed by atoms with Crippen LogP contribution in [-0.2, 0) is 10.2 Å². The topological polar surface area (TPSA) is 92.6 Å². The fourth-order valence-corrected chi connectivity index (χ4v) is 3.48. The van der Waals surface area contributed by atoms with Crippen molar-refractivity contribution in [3.63, 3.8) is 0 Å². The van der Waals surface area contributed by atoms with Gasteiger partial charge in [0.1, 0.15) is 5.69 Å². The number of halogens is 1. The molecule has 27 heavy (non-hydrogen) atoms. The minimum absolute atomic E-state index is 0.0301. The van der Waals surface area contributed by atoms with Gasteiger partial charge in [-0.1, -0.05) is 23.7 Å². The molecule has 1 aliphatic rings. The van der Waals surface area contributed by atoms with Gasteiger partial charge in [0, 0.05) is 12.6 Å². The lowest BCUT2D eigenvalue weighted by atomic mass is 9.85. The van der Waals surface area contributed by atoms with Crippen LogP contribution in [0.2, 0.25) is 5.02 Å². The molecule has 0 saturated carbocycles. The molecule has 0 radical (unpaired) electrons. The molecule has 0 bridgehead atoms. The molecule has 2 amide bonds. The van der Waals surface area contributed by atoms with Gasteiger partial charge in [-0.15, -0.1) is 0 Å². The minimum Gasteiger partial charge on any atom is -0.316 e. The number of rotatable bonds is 4. The number of carbonyl (C=O) groups excluding carboxylic acids is 2. The van der Waals surface area contributed by atoms with E-state index in [2.05, 4.69) is 5.32 Å². The maximum Gasteiger partial charge on any atom is 0.294 e. The van der Waals surface area contributed by atoms with Crippen LogP contribution in [0.5, 0.6) is 0 Å². The number of carbonyl (C=O) groups is 2. The first-order chi connectivity index (χ1) is 12.7. The zero-order chi connectivity index (χ0) is 19.9. The second-order valence-electron chi connectivity index (χ2n) is 6.75. The predicted octanol–water partition coefficient (Wildman–Crippen LogP) is 4.14. The predicted molar refractivity (Wildman–Crippen MR) is 104 cm³/mol. The second kappa shape index (κ2) is 6.66. The van der Waals surface area contributed by atoms with E-state index in [0.717, 1.165) is 0 Å². The molecule has 1 N–H and O–H groups in total. The van der Waals surface area contributed by atoms with Gasteiger partial charge < -0.3 is 10.2 Å². The Bertz CT molecular complexity index is 971. The van der Waals surface area contributed by atoms with Crippen LogP contribution in [0.15, 0.2) is 36.4 Å². The third kappa shape index (κ3) is 3.04. The zero-order valence-electron chi connectivity index (χ0n) is 15.1. The first-order valence-electron chi connectivity index (χ1n) is 8.39. The summed E-state index contributed by atoms with van der Waals surface area (Å²) < 4.78 is 0. The Morgan fingerprint density at radius 2 is 1.96 bits per heavy atom. The van der Waals surface area contributed by atoms with Crippen molar-refractivity contribution >= 4 is 40.5 Å². The second-order valence-corrected chi connectivity index (χ2v) is 7.16. The van der Waals surface area contributed by atoms with E-state index in [9.17, 15) is 19.7 Å². The molecule has 0 aromatic heterocycles. The summed E-state index contributed by atoms with van der Waals surface area (Å²) in [5.74, 6) is -0.693. The Morgan fingerprint density at radius 3 is 2.56 bits per heavy atom. The zero-order valence-corrected chi connectivity index (χ0v) is 15.8. The molecule has 0 atom stereocenters. The van der Waals surface area contributed by atoms with Gasteiger partial charge in [0.05, 0.1) is 26.6 Å². The molecule has 1 aliphatic heterocycles. The first-order valence-corrected chi connectivity index (χ1v) is 8.77. The monoisotopic (exact) mass is 387 g/mol. The molecule has 0 fully saturated rings. The van der Waals surface area contributed by atoms with Crippen molar-refractivity contribution in [3.05, 3.63) is 62.7 Å². The van der Waals surface area contributed by atoms with Crippen molar-refractivity contribution < 1.29 is 14.5 Å². The van der Waals surface area contributed by atoms with Crippen LogP contribution in [0.3, 0.4) is 0 Å². The fourth-order valence-electron chi connectivity index (χ4n) is 3.26. The highest BCUT2D eigenvalue weighted by Crippen LogP contribution is 2.46. The summed E-state index contributed by atoms with van der Waals surface area (Å²) in [4.78, 5) is 37.7. The van der Waals surface area contributed by atoms with Crippen molar-refractivity contribution in [1.29, 1.82) is 0 Å². The molecule has 0 saturated heterocycles. The van der Waals surface area contributed by atoms with Gasteiger partial charge in [-0.25, -0.2) is 0 Å². The molecular formula is C19H18ClN3O4. The van der Waals surface area contributed by atoms with E-state index in [0.29, 0.717) is 17.8 Å². The number of nitro benzene ring substituents is 1. The molecular weight excluding hydrogens is 370 g/mol. The Labute approximate surface area is 161 Å². The number of nitrogens with zero attached hydrogens (tertiary/aromatic N) is 2. The standard InChI is InChI=1S/C19H18ClN3O4/c1-4-22-15-10-16(23(26)27)14(9-12(15)19(2,3)18(22)25)21-17(24)11-7-5-6-8-13(11)20/h5-10H,4H2,1-3H3,(H,21,24). The first kappa shape index (κ1) is 18.8. The van der Waals surface area contributed by atoms with Crippen molar-refractivity contribution in [1.82, 2.24) is 0 Å². The maximum atomic E-state index is 12.6. The fraction of sp³-hybridized carbons (Fsp3) is 0.263. The molecule has 3 rings (SSSR count). The van der Waals surface area contributed by atoms with Gasteiger partial charge in [-0.2, -0.15) is 0 Å². The highest BCUT2D eigenvalue weighted by atomic mass is 35.5. The van der Waals surface area contributed by atoms with Crippen LogP contribution >= 0.6 is 11.6 Å². The van der Waals surface area contributed by atoms with E-state index in [1.165, 1.54) is 23.1 Å². The molecule has 7 nitrogen and oxygen atoms in total. The summed E-state index contributed by atoms with van der Waals surface area (Å²) in [5.41, 5.74) is 0.245. The lowest BCUT2D eigenvalue weighted by Crippen LogP contribution is -2.35. The third-order valence-corrected chi connectivity index (χ3v) is 5.07. The van der Waals surface area contributed by atoms with Gasteiger partial charge in [0.2, 0.25) is 5.91 Å². The van der Waals surface area contributed by atoms with Gasteiger partial charge in [-0.3, -0.25) is 19.7 Å². The Morgan fingerprint density at radius 1 is 1.30 bits per heavy atom. The molecule has 0 unspecified atom stereocenters. The van der Waals surface area contributed by atoms with E-state index in [4.69, 9.17) is 11.6 Å². The van der Waals surface area contributed by atoms with Crippen LogP contribution in [0.4, 0.5) is 17.1 Å². The van der Waals surface area contributed by atoms with Crippen LogP contribution in [0, 0.1) is 10.1 Å². The number of nitro groups is 1. The van der Waals surface area contributed by atoms with E-state index in [1.54, 1.807) is 32.0 Å². The number of anilines is 2. The molecule has 0 aliphatic carbocycles. The number of benzene rings is 2. The minimum atomic E-state index is -0.843. The van der Waals surface area contributed by atoms with Crippen LogP contribution in [0.1, 0.15) is 36.7 Å². The number of nitrogens with one attached hydrogen (secondary N) is 1. The van der Waals surface area contributed by atoms with Crippen molar-refractivity contribution in [2.24, 2.45) is 0 Å². The van der Waals surface area contributed by atoms with Crippen molar-refractivity contribution in [3.8, 4) is 0 Å². The summed E-state index contributed by atoms with van der Waals surface area (Å²) in [6.45, 7) is 5.73. The number of fused-ring (bicyclic) bond motifs is 1. The number of amides is 2. The van der Waals surface area contributed by atoms with E-state index in [1.807, 2.05) is 6.92 Å². The molecule has 140 valence electrons. The average Bonchev–Trinajstić information content (AvgIpc) is 2.80. The van der Waals surface area contributed by atoms with Crippen molar-refractivity contribution in [2.45, 2.75) is 26.2 Å². The molecule has 2 aromatic rings. The van der Waals surface area contributed by atoms with E-state index in [-0.39, 0.29) is 27.9 Å². The molecule has 0 spiro atoms. The van der Waals surface area contributed by atoms with E-state index < -0.39 is 16.2 Å². The van der Waals surface area contributed by atoms with Gasteiger partial charge in [0.15, 0.2) is 0 Å². The SMILES string of the molecule is CCN1C(=O)C(C)(C)c2cc(NC(=O)c3ccccc3Cl)c([N+](=O)[O-])cc21. The maximum absolute atomic E-state index is 12.6. The van der Waals surface area contributed by atoms with Crippen molar-refractivity contribution in [2.75, 3.05) is 16.8 Å². The smallest absolute Gasteiger partial charge is 0.294 e. The van der Waals surface area contributed by atoms with Crippen LogP contribution in [0.25, 0.3) is 0 Å². The summed E-state index contributed by atoms with van der Waals surface area (Å²) in [6.07, 6.45) is 0. The Balaban J connectivity index is 2.10. The lowest BCUT2D eigenvalue weighted by molar-refractivity contribution is -0.383. The molecule has 8 heteroatoms. The third-order valence-electron chi connectivity index (χ3n) is 4.74.